The molecule has 14 heavy (non-hydrogen) atoms. The molecule has 0 amide bonds. The molecule has 0 aliphatic carbocycles. The van der Waals surface area contributed by atoms with E-state index < -0.39 is 0 Å². The van der Waals surface area contributed by atoms with Gasteiger partial charge in [-0.2, -0.15) is 11.8 Å². The number of imidazole rings is 1. The van der Waals surface area contributed by atoms with Crippen LogP contribution in [0.25, 0.3) is 11.0 Å². The molecule has 1 aromatic heterocycles. The Morgan fingerprint density at radius 3 is 3.29 bits per heavy atom. The molecule has 3 rings (SSSR count). The highest BCUT2D eigenvalue weighted by Crippen LogP contribution is 2.24. The molecule has 0 spiro atoms. The Labute approximate surface area is 87.3 Å². The molecule has 0 fully saturated rings. The van der Waals surface area contributed by atoms with Crippen molar-refractivity contribution in [3.05, 3.63) is 29.6 Å². The second kappa shape index (κ2) is 3.02. The lowest BCUT2D eigenvalue weighted by Crippen LogP contribution is -2.10. The Morgan fingerprint density at radius 2 is 2.36 bits per heavy atom. The largest absolute Gasteiger partial charge is 0.326 e. The van der Waals surface area contributed by atoms with Crippen molar-refractivity contribution >= 4 is 22.8 Å². The molecule has 2 nitrogen and oxygen atoms in total. The predicted molar refractivity (Wildman–Crippen MR) is 60.6 cm³/mol. The van der Waals surface area contributed by atoms with Crippen LogP contribution >= 0.6 is 11.8 Å². The van der Waals surface area contributed by atoms with E-state index in [1.165, 1.54) is 22.7 Å². The number of hydrogen-bond acceptors (Lipinski definition) is 2. The van der Waals surface area contributed by atoms with E-state index in [2.05, 4.69) is 34.7 Å². The topological polar surface area (TPSA) is 17.8 Å². The van der Waals surface area contributed by atoms with Crippen LogP contribution in [-0.4, -0.2) is 15.3 Å². The van der Waals surface area contributed by atoms with Gasteiger partial charge >= 0.3 is 0 Å². The molecular weight excluding hydrogens is 192 g/mol. The van der Waals surface area contributed by atoms with Crippen molar-refractivity contribution in [2.24, 2.45) is 0 Å². The SMILES string of the molecule is Cc1ccc2c(c1)nc1n2CCSC1. The van der Waals surface area contributed by atoms with Crippen LogP contribution in [0, 0.1) is 6.92 Å². The first-order valence-electron chi connectivity index (χ1n) is 4.88. The first-order valence-corrected chi connectivity index (χ1v) is 6.03. The van der Waals surface area contributed by atoms with E-state index in [4.69, 9.17) is 0 Å². The zero-order chi connectivity index (χ0) is 9.54. The maximum absolute atomic E-state index is 4.66. The number of aryl methyl sites for hydroxylation is 2. The van der Waals surface area contributed by atoms with Crippen LogP contribution in [0.15, 0.2) is 18.2 Å². The number of aromatic nitrogens is 2. The minimum atomic E-state index is 1.06. The van der Waals surface area contributed by atoms with Crippen molar-refractivity contribution in [2.45, 2.75) is 19.2 Å². The number of thioether (sulfide) groups is 1. The summed E-state index contributed by atoms with van der Waals surface area (Å²) in [6.45, 7) is 3.23. The van der Waals surface area contributed by atoms with Crippen molar-refractivity contribution in [2.75, 3.05) is 5.75 Å². The number of fused-ring (bicyclic) bond motifs is 3. The summed E-state index contributed by atoms with van der Waals surface area (Å²) >= 11 is 1.97. The molecule has 0 bridgehead atoms. The van der Waals surface area contributed by atoms with Crippen molar-refractivity contribution in [3.8, 4) is 0 Å². The van der Waals surface area contributed by atoms with Crippen molar-refractivity contribution in [1.29, 1.82) is 0 Å². The van der Waals surface area contributed by atoms with Crippen LogP contribution in [-0.2, 0) is 12.3 Å². The second-order valence-electron chi connectivity index (χ2n) is 3.72. The molecule has 2 aromatic rings. The quantitative estimate of drug-likeness (QED) is 0.656. The summed E-state index contributed by atoms with van der Waals surface area (Å²) in [5.41, 5.74) is 3.74. The highest BCUT2D eigenvalue weighted by molar-refractivity contribution is 7.98. The first kappa shape index (κ1) is 8.36. The lowest BCUT2D eigenvalue weighted by Gasteiger charge is -2.13. The average Bonchev–Trinajstić information content (AvgIpc) is 2.54. The summed E-state index contributed by atoms with van der Waals surface area (Å²) in [7, 11) is 0. The number of hydrogen-bond donors (Lipinski definition) is 0. The molecule has 1 aliphatic rings. The Balaban J connectivity index is 2.31. The van der Waals surface area contributed by atoms with Crippen LogP contribution in [0.5, 0.6) is 0 Å². The summed E-state index contributed by atoms with van der Waals surface area (Å²) < 4.78 is 2.35. The molecule has 0 radical (unpaired) electrons. The standard InChI is InChI=1S/C11H12N2S/c1-8-2-3-10-9(6-8)12-11-7-14-5-4-13(10)11/h2-3,6H,4-5,7H2,1H3. The van der Waals surface area contributed by atoms with Crippen molar-refractivity contribution in [3.63, 3.8) is 0 Å². The van der Waals surface area contributed by atoms with Gasteiger partial charge < -0.3 is 4.57 Å². The van der Waals surface area contributed by atoms with Crippen LogP contribution in [0.1, 0.15) is 11.4 Å². The van der Waals surface area contributed by atoms with Gasteiger partial charge in [0.2, 0.25) is 0 Å². The van der Waals surface area contributed by atoms with E-state index in [1.807, 2.05) is 11.8 Å². The molecule has 0 saturated heterocycles. The lowest BCUT2D eigenvalue weighted by molar-refractivity contribution is 0.740. The van der Waals surface area contributed by atoms with Crippen LogP contribution in [0.2, 0.25) is 0 Å². The zero-order valence-corrected chi connectivity index (χ0v) is 8.97. The summed E-state index contributed by atoms with van der Waals surface area (Å²) in [5.74, 6) is 3.52. The molecule has 3 heteroatoms. The van der Waals surface area contributed by atoms with E-state index in [9.17, 15) is 0 Å². The van der Waals surface area contributed by atoms with E-state index in [0.29, 0.717) is 0 Å². The molecule has 0 unspecified atom stereocenters. The van der Waals surface area contributed by atoms with Gasteiger partial charge in [0.1, 0.15) is 5.82 Å². The van der Waals surface area contributed by atoms with Gasteiger partial charge in [0.05, 0.1) is 16.8 Å². The Bertz CT molecular complexity index is 487. The van der Waals surface area contributed by atoms with Crippen molar-refractivity contribution in [1.82, 2.24) is 9.55 Å². The molecule has 1 aliphatic heterocycles. The van der Waals surface area contributed by atoms with Crippen LogP contribution in [0.4, 0.5) is 0 Å². The Morgan fingerprint density at radius 1 is 1.43 bits per heavy atom. The van der Waals surface area contributed by atoms with Gasteiger partial charge in [-0.05, 0) is 24.6 Å². The van der Waals surface area contributed by atoms with E-state index >= 15 is 0 Å². The molecular formula is C11H12N2S. The zero-order valence-electron chi connectivity index (χ0n) is 8.16. The summed E-state index contributed by atoms with van der Waals surface area (Å²) in [6.07, 6.45) is 0. The minimum absolute atomic E-state index is 1.06. The van der Waals surface area contributed by atoms with Crippen LogP contribution in [0.3, 0.4) is 0 Å². The third kappa shape index (κ3) is 1.16. The summed E-state index contributed by atoms with van der Waals surface area (Å²) in [4.78, 5) is 4.66. The monoisotopic (exact) mass is 204 g/mol. The second-order valence-corrected chi connectivity index (χ2v) is 4.83. The summed E-state index contributed by atoms with van der Waals surface area (Å²) in [6, 6.07) is 6.53. The molecule has 72 valence electrons. The Kier molecular flexibility index (Phi) is 1.80. The molecule has 1 aromatic carbocycles. The molecule has 0 atom stereocenters. The fourth-order valence-electron chi connectivity index (χ4n) is 1.97. The third-order valence-corrected chi connectivity index (χ3v) is 3.61. The number of nitrogens with zero attached hydrogens (tertiary/aromatic N) is 2. The van der Waals surface area contributed by atoms with Gasteiger partial charge in [-0.25, -0.2) is 4.98 Å². The smallest absolute Gasteiger partial charge is 0.119 e. The fourth-order valence-corrected chi connectivity index (χ4v) is 2.83. The number of rotatable bonds is 0. The number of benzene rings is 1. The minimum Gasteiger partial charge on any atom is -0.326 e. The van der Waals surface area contributed by atoms with Gasteiger partial charge in [-0.1, -0.05) is 6.07 Å². The van der Waals surface area contributed by atoms with Gasteiger partial charge in [0, 0.05) is 12.3 Å². The third-order valence-electron chi connectivity index (χ3n) is 2.67. The van der Waals surface area contributed by atoms with Crippen LogP contribution < -0.4 is 0 Å². The predicted octanol–water partition coefficient (Wildman–Crippen LogP) is 2.59. The summed E-state index contributed by atoms with van der Waals surface area (Å²) in [5, 5.41) is 0. The Hall–Kier alpha value is -0.960. The lowest BCUT2D eigenvalue weighted by atomic mass is 10.2. The molecule has 0 N–H and O–H groups in total. The average molecular weight is 204 g/mol. The van der Waals surface area contributed by atoms with E-state index in [0.717, 1.165) is 17.8 Å². The van der Waals surface area contributed by atoms with Gasteiger partial charge in [0.25, 0.3) is 0 Å². The fraction of sp³-hybridized carbons (Fsp3) is 0.364. The highest BCUT2D eigenvalue weighted by Gasteiger charge is 2.13. The van der Waals surface area contributed by atoms with E-state index in [1.54, 1.807) is 0 Å². The van der Waals surface area contributed by atoms with Gasteiger partial charge in [-0.15, -0.1) is 0 Å². The normalized spacial score (nSPS) is 15.8. The van der Waals surface area contributed by atoms with Gasteiger partial charge in [-0.3, -0.25) is 0 Å². The first-order chi connectivity index (χ1) is 6.84. The highest BCUT2D eigenvalue weighted by atomic mass is 32.2. The molecule has 2 heterocycles. The molecule has 0 saturated carbocycles. The van der Waals surface area contributed by atoms with Crippen molar-refractivity contribution < 1.29 is 0 Å². The maximum Gasteiger partial charge on any atom is 0.119 e. The van der Waals surface area contributed by atoms with E-state index in [-0.39, 0.29) is 0 Å². The van der Waals surface area contributed by atoms with Gasteiger partial charge in [0.15, 0.2) is 0 Å². The maximum atomic E-state index is 4.66.